The molecule has 7 nitrogen and oxygen atoms in total. The van der Waals surface area contributed by atoms with Crippen molar-refractivity contribution in [3.63, 3.8) is 0 Å². The summed E-state index contributed by atoms with van der Waals surface area (Å²) in [5.74, 6) is -0.122. The summed E-state index contributed by atoms with van der Waals surface area (Å²) in [6, 6.07) is 3.90. The molecule has 1 unspecified atom stereocenters. The van der Waals surface area contributed by atoms with Crippen molar-refractivity contribution in [1.82, 2.24) is 25.0 Å². The first-order chi connectivity index (χ1) is 12.0. The number of carbonyl (C=O) groups is 1. The Morgan fingerprint density at radius 2 is 2.16 bits per heavy atom. The molecule has 2 N–H and O–H groups in total. The molecule has 1 aliphatic rings. The Kier molecular flexibility index (Phi) is 5.15. The number of rotatable bonds is 5. The van der Waals surface area contributed by atoms with Gasteiger partial charge in [0.1, 0.15) is 0 Å². The van der Waals surface area contributed by atoms with E-state index in [0.29, 0.717) is 19.5 Å². The van der Waals surface area contributed by atoms with Crippen molar-refractivity contribution < 1.29 is 9.90 Å². The molecule has 3 rings (SSSR count). The van der Waals surface area contributed by atoms with Crippen molar-refractivity contribution in [3.05, 3.63) is 36.3 Å². The van der Waals surface area contributed by atoms with Crippen LogP contribution in [0.2, 0.25) is 0 Å². The van der Waals surface area contributed by atoms with Crippen LogP contribution >= 0.6 is 0 Å². The van der Waals surface area contributed by atoms with Gasteiger partial charge in [0.05, 0.1) is 17.7 Å². The molecule has 1 saturated heterocycles. The molecule has 0 aromatic carbocycles. The number of likely N-dealkylation sites (tertiary alicyclic amines) is 1. The van der Waals surface area contributed by atoms with Gasteiger partial charge in [0.25, 0.3) is 0 Å². The number of nitrogens with one attached hydrogen (secondary N) is 1. The van der Waals surface area contributed by atoms with Gasteiger partial charge in [-0.15, -0.1) is 0 Å². The molecule has 2 aromatic rings. The predicted octanol–water partition coefficient (Wildman–Crippen LogP) is 0.945. The number of carbonyl (C=O) groups excluding carboxylic acids is 1. The molecular formula is C18H25N5O2. The number of aryl methyl sites for hydroxylation is 1. The average molecular weight is 343 g/mol. The summed E-state index contributed by atoms with van der Waals surface area (Å²) in [4.78, 5) is 17.9. The zero-order valence-electron chi connectivity index (χ0n) is 14.8. The molecule has 2 aromatic heterocycles. The fourth-order valence-electron chi connectivity index (χ4n) is 3.52. The number of aromatic nitrogens is 3. The third-order valence-electron chi connectivity index (χ3n) is 4.66. The van der Waals surface area contributed by atoms with Crippen LogP contribution in [0.15, 0.2) is 30.7 Å². The average Bonchev–Trinajstić information content (AvgIpc) is 2.95. The molecule has 1 atom stereocenters. The van der Waals surface area contributed by atoms with Gasteiger partial charge in [0.2, 0.25) is 5.91 Å². The lowest BCUT2D eigenvalue weighted by Crippen LogP contribution is -2.49. The van der Waals surface area contributed by atoms with Crippen LogP contribution in [0.1, 0.15) is 24.8 Å². The van der Waals surface area contributed by atoms with Crippen LogP contribution in [-0.4, -0.2) is 56.4 Å². The van der Waals surface area contributed by atoms with Crippen LogP contribution in [0.4, 0.5) is 0 Å². The van der Waals surface area contributed by atoms with Crippen LogP contribution in [0.5, 0.6) is 0 Å². The van der Waals surface area contributed by atoms with E-state index < -0.39 is 5.60 Å². The molecule has 1 aliphatic heterocycles. The molecule has 3 heterocycles. The third-order valence-corrected chi connectivity index (χ3v) is 4.66. The summed E-state index contributed by atoms with van der Waals surface area (Å²) in [7, 11) is 3.51. The van der Waals surface area contributed by atoms with Crippen LogP contribution in [-0.2, 0) is 18.4 Å². The molecule has 1 amide bonds. The van der Waals surface area contributed by atoms with E-state index in [9.17, 15) is 9.90 Å². The zero-order valence-corrected chi connectivity index (χ0v) is 14.8. The molecule has 0 aliphatic carbocycles. The summed E-state index contributed by atoms with van der Waals surface area (Å²) >= 11 is 0. The lowest BCUT2D eigenvalue weighted by molar-refractivity contribution is -0.128. The molecule has 0 saturated carbocycles. The van der Waals surface area contributed by atoms with E-state index in [1.54, 1.807) is 19.4 Å². The number of β-amino-alcohol motifs (C(OH)–C–C–N with tert-alkyl or cyclic N) is 1. The Morgan fingerprint density at radius 1 is 1.40 bits per heavy atom. The van der Waals surface area contributed by atoms with Crippen molar-refractivity contribution in [3.8, 4) is 11.3 Å². The van der Waals surface area contributed by atoms with Gasteiger partial charge in [-0.2, -0.15) is 5.10 Å². The first kappa shape index (κ1) is 17.6. The number of hydrogen-bond acceptors (Lipinski definition) is 5. The summed E-state index contributed by atoms with van der Waals surface area (Å²) in [6.45, 7) is 2.09. The van der Waals surface area contributed by atoms with Gasteiger partial charge in [-0.3, -0.25) is 19.4 Å². The normalized spacial score (nSPS) is 21.2. The third kappa shape index (κ3) is 4.24. The minimum Gasteiger partial charge on any atom is -0.388 e. The largest absolute Gasteiger partial charge is 0.388 e. The number of amides is 1. The van der Waals surface area contributed by atoms with Gasteiger partial charge in [-0.05, 0) is 31.5 Å². The fourth-order valence-corrected chi connectivity index (χ4v) is 3.52. The summed E-state index contributed by atoms with van der Waals surface area (Å²) in [5, 5.41) is 18.0. The first-order valence-electron chi connectivity index (χ1n) is 8.57. The number of piperidine rings is 1. The Morgan fingerprint density at radius 3 is 2.88 bits per heavy atom. The highest BCUT2D eigenvalue weighted by Crippen LogP contribution is 2.28. The summed E-state index contributed by atoms with van der Waals surface area (Å²) in [5.41, 5.74) is 2.11. The highest BCUT2D eigenvalue weighted by molar-refractivity contribution is 5.76. The van der Waals surface area contributed by atoms with Crippen LogP contribution in [0.25, 0.3) is 11.3 Å². The van der Waals surface area contributed by atoms with Crippen LogP contribution in [0.3, 0.4) is 0 Å². The van der Waals surface area contributed by atoms with Crippen LogP contribution < -0.4 is 5.32 Å². The quantitative estimate of drug-likeness (QED) is 0.844. The van der Waals surface area contributed by atoms with E-state index in [4.69, 9.17) is 0 Å². The molecule has 25 heavy (non-hydrogen) atoms. The maximum atomic E-state index is 11.7. The maximum Gasteiger partial charge on any atom is 0.222 e. The van der Waals surface area contributed by atoms with E-state index in [0.717, 1.165) is 29.8 Å². The predicted molar refractivity (Wildman–Crippen MR) is 94.6 cm³/mol. The first-order valence-corrected chi connectivity index (χ1v) is 8.57. The standard InChI is InChI=1S/C18H25N5O2/c1-19-16(24)10-18(25)6-3-9-23(13-18)12-15-11-22(2)21-17(15)14-4-7-20-8-5-14/h4-5,7-8,11,25H,3,6,9-10,12-13H2,1-2H3,(H,19,24). The second-order valence-electron chi connectivity index (χ2n) is 6.80. The second kappa shape index (κ2) is 7.33. The zero-order chi connectivity index (χ0) is 17.9. The van der Waals surface area contributed by atoms with Gasteiger partial charge >= 0.3 is 0 Å². The number of pyridine rings is 1. The molecule has 0 spiro atoms. The minimum atomic E-state index is -0.961. The Balaban J connectivity index is 1.75. The van der Waals surface area contributed by atoms with Crippen molar-refractivity contribution in [1.29, 1.82) is 0 Å². The SMILES string of the molecule is CNC(=O)CC1(O)CCCN(Cc2cn(C)nc2-c2ccncc2)C1. The maximum absolute atomic E-state index is 11.7. The smallest absolute Gasteiger partial charge is 0.222 e. The van der Waals surface area contributed by atoms with Gasteiger partial charge in [0, 0.05) is 56.9 Å². The summed E-state index contributed by atoms with van der Waals surface area (Å²) < 4.78 is 1.81. The lowest BCUT2D eigenvalue weighted by atomic mass is 9.89. The highest BCUT2D eigenvalue weighted by Gasteiger charge is 2.35. The number of hydrogen-bond donors (Lipinski definition) is 2. The fraction of sp³-hybridized carbons (Fsp3) is 0.500. The number of nitrogens with zero attached hydrogens (tertiary/aromatic N) is 4. The van der Waals surface area contributed by atoms with Gasteiger partial charge in [-0.1, -0.05) is 0 Å². The van der Waals surface area contributed by atoms with E-state index in [1.807, 2.05) is 30.1 Å². The summed E-state index contributed by atoms with van der Waals surface area (Å²) in [6.07, 6.45) is 7.21. The molecule has 7 heteroatoms. The topological polar surface area (TPSA) is 83.3 Å². The van der Waals surface area contributed by atoms with Crippen molar-refractivity contribution >= 4 is 5.91 Å². The number of aliphatic hydroxyl groups is 1. The molecule has 0 radical (unpaired) electrons. The molecular weight excluding hydrogens is 318 g/mol. The van der Waals surface area contributed by atoms with Crippen molar-refractivity contribution in [2.75, 3.05) is 20.1 Å². The highest BCUT2D eigenvalue weighted by atomic mass is 16.3. The van der Waals surface area contributed by atoms with E-state index in [-0.39, 0.29) is 12.3 Å². The lowest BCUT2D eigenvalue weighted by Gasteiger charge is -2.38. The van der Waals surface area contributed by atoms with Crippen molar-refractivity contribution in [2.24, 2.45) is 7.05 Å². The minimum absolute atomic E-state index is 0.122. The molecule has 1 fully saturated rings. The Labute approximate surface area is 147 Å². The van der Waals surface area contributed by atoms with Gasteiger partial charge < -0.3 is 10.4 Å². The van der Waals surface area contributed by atoms with Gasteiger partial charge in [0.15, 0.2) is 0 Å². The Bertz CT molecular complexity index is 730. The molecule has 0 bridgehead atoms. The molecule has 134 valence electrons. The monoisotopic (exact) mass is 343 g/mol. The second-order valence-corrected chi connectivity index (χ2v) is 6.80. The Hall–Kier alpha value is -2.25. The van der Waals surface area contributed by atoms with Gasteiger partial charge in [-0.25, -0.2) is 0 Å². The van der Waals surface area contributed by atoms with Crippen molar-refractivity contribution in [2.45, 2.75) is 31.4 Å². The van der Waals surface area contributed by atoms with Crippen LogP contribution in [0, 0.1) is 0 Å². The van der Waals surface area contributed by atoms with E-state index in [2.05, 4.69) is 20.3 Å². The van der Waals surface area contributed by atoms with E-state index in [1.165, 1.54) is 0 Å². The van der Waals surface area contributed by atoms with E-state index >= 15 is 0 Å².